The number of benzene rings is 2. The smallest absolute Gasteiger partial charge is 0.248 e. The van der Waals surface area contributed by atoms with Crippen molar-refractivity contribution in [1.29, 1.82) is 0 Å². The van der Waals surface area contributed by atoms with Crippen molar-refractivity contribution in [3.05, 3.63) is 65.1 Å². The highest BCUT2D eigenvalue weighted by atomic mass is 32.2. The molecule has 38 heavy (non-hydrogen) atoms. The van der Waals surface area contributed by atoms with Gasteiger partial charge in [-0.1, -0.05) is 5.16 Å². The third kappa shape index (κ3) is 5.70. The molecular weight excluding hydrogens is 520 g/mol. The monoisotopic (exact) mass is 547 g/mol. The number of nitrogens with zero attached hydrogens (tertiary/aromatic N) is 2. The molecule has 1 aliphatic heterocycles. The number of sulfonamides is 1. The van der Waals surface area contributed by atoms with Crippen LogP contribution in [0.25, 0.3) is 12.2 Å². The predicted molar refractivity (Wildman–Crippen MR) is 136 cm³/mol. The van der Waals surface area contributed by atoms with Crippen molar-refractivity contribution < 1.29 is 36.0 Å². The summed E-state index contributed by atoms with van der Waals surface area (Å²) in [5, 5.41) is 6.62. The molecule has 0 aliphatic carbocycles. The number of carbonyl (C=O) groups is 1. The van der Waals surface area contributed by atoms with Crippen LogP contribution in [-0.4, -0.2) is 51.1 Å². The zero-order chi connectivity index (χ0) is 27.4. The quantitative estimate of drug-likeness (QED) is 0.442. The summed E-state index contributed by atoms with van der Waals surface area (Å²) in [7, 11) is -1.01. The van der Waals surface area contributed by atoms with Crippen LogP contribution in [0.2, 0.25) is 0 Å². The van der Waals surface area contributed by atoms with E-state index in [1.54, 1.807) is 18.2 Å². The highest BCUT2D eigenvalue weighted by Crippen LogP contribution is 2.32. The molecule has 1 saturated heterocycles. The Hall–Kier alpha value is -3.77. The molecule has 12 heteroatoms. The van der Waals surface area contributed by atoms with E-state index in [2.05, 4.69) is 10.5 Å². The second kappa shape index (κ2) is 11.3. The molecule has 1 fully saturated rings. The van der Waals surface area contributed by atoms with Crippen LogP contribution >= 0.6 is 0 Å². The molecule has 0 saturated carbocycles. The van der Waals surface area contributed by atoms with Gasteiger partial charge in [0.2, 0.25) is 15.9 Å². The molecule has 9 nitrogen and oxygen atoms in total. The number of aromatic nitrogens is 1. The lowest BCUT2D eigenvalue weighted by atomic mass is 9.97. The van der Waals surface area contributed by atoms with Gasteiger partial charge < -0.3 is 19.3 Å². The number of rotatable bonds is 8. The Morgan fingerprint density at radius 3 is 2.50 bits per heavy atom. The van der Waals surface area contributed by atoms with Crippen LogP contribution in [0.15, 0.2) is 45.8 Å². The first-order valence-corrected chi connectivity index (χ1v) is 13.2. The van der Waals surface area contributed by atoms with Crippen LogP contribution in [0.4, 0.5) is 14.5 Å². The second-order valence-electron chi connectivity index (χ2n) is 8.69. The minimum absolute atomic E-state index is 0.0586. The minimum atomic E-state index is -4.03. The Labute approximate surface area is 219 Å². The van der Waals surface area contributed by atoms with Crippen molar-refractivity contribution >= 4 is 33.8 Å². The van der Waals surface area contributed by atoms with E-state index in [-0.39, 0.29) is 40.9 Å². The fourth-order valence-corrected chi connectivity index (χ4v) is 5.95. The highest BCUT2D eigenvalue weighted by molar-refractivity contribution is 7.89. The van der Waals surface area contributed by atoms with Gasteiger partial charge in [0.25, 0.3) is 0 Å². The van der Waals surface area contributed by atoms with E-state index < -0.39 is 27.6 Å². The van der Waals surface area contributed by atoms with Crippen molar-refractivity contribution in [2.24, 2.45) is 5.92 Å². The number of amides is 1. The lowest BCUT2D eigenvalue weighted by Gasteiger charge is -2.30. The molecular formula is C26H27F2N3O6S. The van der Waals surface area contributed by atoms with E-state index in [4.69, 9.17) is 14.0 Å². The Kier molecular flexibility index (Phi) is 8.12. The van der Waals surface area contributed by atoms with Crippen LogP contribution in [-0.2, 0) is 14.8 Å². The summed E-state index contributed by atoms with van der Waals surface area (Å²) in [6.07, 6.45) is 3.17. The van der Waals surface area contributed by atoms with Gasteiger partial charge in [-0.15, -0.1) is 0 Å². The molecule has 1 N–H and O–H groups in total. The molecule has 0 radical (unpaired) electrons. The lowest BCUT2D eigenvalue weighted by molar-refractivity contribution is -0.120. The number of hydrogen-bond donors (Lipinski definition) is 1. The summed E-state index contributed by atoms with van der Waals surface area (Å²) in [4.78, 5) is 12.8. The van der Waals surface area contributed by atoms with Gasteiger partial charge in [-0.3, -0.25) is 4.79 Å². The van der Waals surface area contributed by atoms with E-state index >= 15 is 0 Å². The van der Waals surface area contributed by atoms with Crippen LogP contribution in [0.1, 0.15) is 29.9 Å². The van der Waals surface area contributed by atoms with Crippen molar-refractivity contribution in [2.45, 2.75) is 24.7 Å². The van der Waals surface area contributed by atoms with Crippen molar-refractivity contribution in [3.8, 4) is 11.5 Å². The van der Waals surface area contributed by atoms with Gasteiger partial charge in [0, 0.05) is 36.7 Å². The topological polar surface area (TPSA) is 111 Å². The van der Waals surface area contributed by atoms with E-state index in [0.717, 1.165) is 12.1 Å². The van der Waals surface area contributed by atoms with Crippen LogP contribution in [0, 0.1) is 24.5 Å². The lowest BCUT2D eigenvalue weighted by Crippen LogP contribution is -2.41. The van der Waals surface area contributed by atoms with Gasteiger partial charge in [0.15, 0.2) is 10.7 Å². The number of halogens is 2. The predicted octanol–water partition coefficient (Wildman–Crippen LogP) is 4.49. The van der Waals surface area contributed by atoms with Gasteiger partial charge in [-0.05, 0) is 56.2 Å². The van der Waals surface area contributed by atoms with E-state index in [1.165, 1.54) is 43.7 Å². The second-order valence-corrected chi connectivity index (χ2v) is 10.6. The number of aryl methyl sites for hydroxylation is 1. The molecule has 0 spiro atoms. The molecule has 0 bridgehead atoms. The maximum absolute atomic E-state index is 14.0. The molecule has 1 aromatic heterocycles. The van der Waals surface area contributed by atoms with Crippen molar-refractivity contribution in [1.82, 2.24) is 9.46 Å². The summed E-state index contributed by atoms with van der Waals surface area (Å²) < 4.78 is 71.1. The largest absolute Gasteiger partial charge is 0.497 e. The number of anilines is 1. The molecule has 3 aromatic rings. The maximum atomic E-state index is 14.0. The Morgan fingerprint density at radius 2 is 1.84 bits per heavy atom. The Balaban J connectivity index is 1.46. The molecule has 1 aliphatic rings. The average Bonchev–Trinajstić information content (AvgIpc) is 3.29. The summed E-state index contributed by atoms with van der Waals surface area (Å²) >= 11 is 0. The summed E-state index contributed by atoms with van der Waals surface area (Å²) in [5.41, 5.74) is 0.665. The van der Waals surface area contributed by atoms with Gasteiger partial charge >= 0.3 is 0 Å². The zero-order valence-electron chi connectivity index (χ0n) is 21.0. The van der Waals surface area contributed by atoms with E-state index in [0.29, 0.717) is 30.0 Å². The highest BCUT2D eigenvalue weighted by Gasteiger charge is 2.36. The normalized spacial score (nSPS) is 15.1. The molecule has 2 heterocycles. The van der Waals surface area contributed by atoms with E-state index in [9.17, 15) is 22.0 Å². The number of hydrogen-bond acceptors (Lipinski definition) is 7. The maximum Gasteiger partial charge on any atom is 0.248 e. The van der Waals surface area contributed by atoms with Gasteiger partial charge in [-0.2, -0.15) is 4.31 Å². The summed E-state index contributed by atoms with van der Waals surface area (Å²) in [6, 6.07) is 8.10. The first-order chi connectivity index (χ1) is 18.1. The van der Waals surface area contributed by atoms with Gasteiger partial charge in [0.05, 0.1) is 19.9 Å². The third-order valence-electron chi connectivity index (χ3n) is 6.30. The SMILES string of the molecule is COc1ccc(OC)c(NC(=O)C2CCN(S(=O)(=O)c3c(C)noc3/C=C/c3ccc(F)cc3F)CC2)c1. The van der Waals surface area contributed by atoms with Gasteiger partial charge in [0.1, 0.15) is 28.8 Å². The average molecular weight is 548 g/mol. The standard InChI is InChI=1S/C26H27F2N3O6S/c1-16-25(24(37-30-16)8-5-17-4-6-19(27)14-21(17)28)38(33,34)31-12-10-18(11-13-31)26(32)29-22-15-20(35-2)7-9-23(22)36-3/h4-9,14-15,18H,10-13H2,1-3H3,(H,29,32)/b8-5+. The fraction of sp³-hybridized carbons (Fsp3) is 0.308. The van der Waals surface area contributed by atoms with Gasteiger partial charge in [-0.25, -0.2) is 17.2 Å². The molecule has 0 atom stereocenters. The first-order valence-electron chi connectivity index (χ1n) is 11.8. The zero-order valence-corrected chi connectivity index (χ0v) is 21.8. The van der Waals surface area contributed by atoms with E-state index in [1.807, 2.05) is 0 Å². The molecule has 0 unspecified atom stereocenters. The number of methoxy groups -OCH3 is 2. The minimum Gasteiger partial charge on any atom is -0.497 e. The molecule has 202 valence electrons. The summed E-state index contributed by atoms with van der Waals surface area (Å²) in [5.74, 6) is -1.23. The third-order valence-corrected chi connectivity index (χ3v) is 8.35. The van der Waals surface area contributed by atoms with Crippen LogP contribution in [0.5, 0.6) is 11.5 Å². The number of ether oxygens (including phenoxy) is 2. The number of piperidine rings is 1. The Bertz CT molecular complexity index is 1460. The fourth-order valence-electron chi connectivity index (χ4n) is 4.23. The molecule has 4 rings (SSSR count). The first kappa shape index (κ1) is 27.3. The summed E-state index contributed by atoms with van der Waals surface area (Å²) in [6.45, 7) is 1.71. The number of carbonyl (C=O) groups excluding carboxylic acids is 1. The van der Waals surface area contributed by atoms with Crippen LogP contribution in [0.3, 0.4) is 0 Å². The van der Waals surface area contributed by atoms with Crippen molar-refractivity contribution in [2.75, 3.05) is 32.6 Å². The molecule has 1 amide bonds. The van der Waals surface area contributed by atoms with Crippen molar-refractivity contribution in [3.63, 3.8) is 0 Å². The molecule has 2 aromatic carbocycles. The number of nitrogens with one attached hydrogen (secondary N) is 1. The Morgan fingerprint density at radius 1 is 1.11 bits per heavy atom. The van der Waals surface area contributed by atoms with Crippen LogP contribution < -0.4 is 14.8 Å².